The van der Waals surface area contributed by atoms with Gasteiger partial charge in [0.2, 0.25) is 5.91 Å². The Morgan fingerprint density at radius 1 is 1.44 bits per heavy atom. The van der Waals surface area contributed by atoms with Gasteiger partial charge in [-0.05, 0) is 47.2 Å². The zero-order valence-electron chi connectivity index (χ0n) is 9.80. The molecule has 88 valence electrons. The van der Waals surface area contributed by atoms with Crippen molar-refractivity contribution in [2.45, 2.75) is 26.8 Å². The van der Waals surface area contributed by atoms with Crippen molar-refractivity contribution in [2.24, 2.45) is 0 Å². The first-order valence-electron chi connectivity index (χ1n) is 5.28. The summed E-state index contributed by atoms with van der Waals surface area (Å²) in [4.78, 5) is 11.5. The molecule has 1 rings (SSSR count). The van der Waals surface area contributed by atoms with Crippen LogP contribution in [-0.2, 0) is 4.79 Å². The Hall–Kier alpha value is -0.620. The molecule has 0 aliphatic rings. The predicted molar refractivity (Wildman–Crippen MR) is 75.7 cm³/mol. The third-order valence-electron chi connectivity index (χ3n) is 2.13. The first-order valence-corrected chi connectivity index (χ1v) is 6.36. The quantitative estimate of drug-likeness (QED) is 0.832. The molecule has 0 fully saturated rings. The van der Waals surface area contributed by atoms with Gasteiger partial charge in [-0.3, -0.25) is 4.79 Å². The highest BCUT2D eigenvalue weighted by molar-refractivity contribution is 14.1. The number of amides is 1. The molecule has 0 aromatic heterocycles. The zero-order chi connectivity index (χ0) is 12.1. The van der Waals surface area contributed by atoms with E-state index in [1.54, 1.807) is 0 Å². The summed E-state index contributed by atoms with van der Waals surface area (Å²) in [6.07, 6.45) is 0. The van der Waals surface area contributed by atoms with Crippen LogP contribution in [0.25, 0.3) is 0 Å². The molecule has 0 unspecified atom stereocenters. The molecule has 1 amide bonds. The Morgan fingerprint density at radius 2 is 2.12 bits per heavy atom. The second-order valence-corrected chi connectivity index (χ2v) is 5.21. The second kappa shape index (κ2) is 6.20. The van der Waals surface area contributed by atoms with E-state index in [0.717, 1.165) is 9.26 Å². The number of aryl methyl sites for hydroxylation is 1. The van der Waals surface area contributed by atoms with E-state index in [-0.39, 0.29) is 5.91 Å². The summed E-state index contributed by atoms with van der Waals surface area (Å²) in [5.41, 5.74) is 2.07. The van der Waals surface area contributed by atoms with Gasteiger partial charge < -0.3 is 10.6 Å². The van der Waals surface area contributed by atoms with E-state index in [9.17, 15) is 4.79 Å². The molecule has 0 aliphatic heterocycles. The highest BCUT2D eigenvalue weighted by Gasteiger charge is 2.04. The number of halogens is 1. The SMILES string of the molecule is Cc1ccc(NC(=O)CNC(C)C)cc1I. The Morgan fingerprint density at radius 3 is 2.69 bits per heavy atom. The highest BCUT2D eigenvalue weighted by Crippen LogP contribution is 2.16. The fraction of sp³-hybridized carbons (Fsp3) is 0.417. The molecule has 0 bridgehead atoms. The minimum absolute atomic E-state index is 0.00615. The Labute approximate surface area is 110 Å². The maximum Gasteiger partial charge on any atom is 0.238 e. The number of hydrogen-bond donors (Lipinski definition) is 2. The summed E-state index contributed by atoms with van der Waals surface area (Å²) in [6.45, 7) is 6.43. The summed E-state index contributed by atoms with van der Waals surface area (Å²) >= 11 is 2.26. The van der Waals surface area contributed by atoms with Crippen LogP contribution >= 0.6 is 22.6 Å². The molecule has 16 heavy (non-hydrogen) atoms. The van der Waals surface area contributed by atoms with Gasteiger partial charge in [0.25, 0.3) is 0 Å². The summed E-state index contributed by atoms with van der Waals surface area (Å²) < 4.78 is 1.16. The average molecular weight is 332 g/mol. The van der Waals surface area contributed by atoms with Gasteiger partial charge in [-0.2, -0.15) is 0 Å². The van der Waals surface area contributed by atoms with Crippen LogP contribution in [0.5, 0.6) is 0 Å². The summed E-state index contributed by atoms with van der Waals surface area (Å²) in [5, 5.41) is 5.94. The van der Waals surface area contributed by atoms with Gasteiger partial charge in [-0.15, -0.1) is 0 Å². The summed E-state index contributed by atoms with van der Waals surface area (Å²) in [6, 6.07) is 6.23. The van der Waals surface area contributed by atoms with Crippen molar-refractivity contribution in [3.63, 3.8) is 0 Å². The van der Waals surface area contributed by atoms with Crippen molar-refractivity contribution in [3.8, 4) is 0 Å². The van der Waals surface area contributed by atoms with Crippen LogP contribution in [-0.4, -0.2) is 18.5 Å². The first kappa shape index (κ1) is 13.4. The Kier molecular flexibility index (Phi) is 5.21. The molecule has 2 N–H and O–H groups in total. The first-order chi connectivity index (χ1) is 7.49. The van der Waals surface area contributed by atoms with E-state index < -0.39 is 0 Å². The smallest absolute Gasteiger partial charge is 0.238 e. The molecule has 3 nitrogen and oxygen atoms in total. The molecule has 0 atom stereocenters. The lowest BCUT2D eigenvalue weighted by molar-refractivity contribution is -0.115. The maximum absolute atomic E-state index is 11.5. The van der Waals surface area contributed by atoms with Gasteiger partial charge in [0.1, 0.15) is 0 Å². The number of hydrogen-bond acceptors (Lipinski definition) is 2. The lowest BCUT2D eigenvalue weighted by Crippen LogP contribution is -2.32. The van der Waals surface area contributed by atoms with Crippen molar-refractivity contribution >= 4 is 34.2 Å². The minimum atomic E-state index is -0.00615. The van der Waals surface area contributed by atoms with Crippen molar-refractivity contribution in [1.29, 1.82) is 0 Å². The van der Waals surface area contributed by atoms with Crippen molar-refractivity contribution in [3.05, 3.63) is 27.3 Å². The average Bonchev–Trinajstić information content (AvgIpc) is 2.21. The van der Waals surface area contributed by atoms with Gasteiger partial charge in [-0.1, -0.05) is 19.9 Å². The van der Waals surface area contributed by atoms with Crippen LogP contribution < -0.4 is 10.6 Å². The van der Waals surface area contributed by atoms with Crippen molar-refractivity contribution in [2.75, 3.05) is 11.9 Å². The molecular weight excluding hydrogens is 315 g/mol. The molecule has 0 spiro atoms. The maximum atomic E-state index is 11.5. The zero-order valence-corrected chi connectivity index (χ0v) is 12.0. The monoisotopic (exact) mass is 332 g/mol. The number of carbonyl (C=O) groups excluding carboxylic acids is 1. The third-order valence-corrected chi connectivity index (χ3v) is 3.29. The molecule has 0 heterocycles. The van der Waals surface area contributed by atoms with Crippen LogP contribution in [0.3, 0.4) is 0 Å². The number of nitrogens with one attached hydrogen (secondary N) is 2. The molecule has 0 radical (unpaired) electrons. The summed E-state index contributed by atoms with van der Waals surface area (Å²) in [5.74, 6) is -0.00615. The van der Waals surface area contributed by atoms with Gasteiger partial charge >= 0.3 is 0 Å². The summed E-state index contributed by atoms with van der Waals surface area (Å²) in [7, 11) is 0. The molecule has 0 saturated heterocycles. The molecule has 1 aromatic rings. The highest BCUT2D eigenvalue weighted by atomic mass is 127. The van der Waals surface area contributed by atoms with Crippen molar-refractivity contribution < 1.29 is 4.79 Å². The van der Waals surface area contributed by atoms with E-state index in [4.69, 9.17) is 0 Å². The van der Waals surface area contributed by atoms with E-state index in [0.29, 0.717) is 12.6 Å². The van der Waals surface area contributed by atoms with Crippen LogP contribution in [0.2, 0.25) is 0 Å². The topological polar surface area (TPSA) is 41.1 Å². The fourth-order valence-electron chi connectivity index (χ4n) is 1.17. The number of carbonyl (C=O) groups is 1. The van der Waals surface area contributed by atoms with Gasteiger partial charge in [-0.25, -0.2) is 0 Å². The van der Waals surface area contributed by atoms with E-state index in [1.807, 2.05) is 39.0 Å². The van der Waals surface area contributed by atoms with Gasteiger partial charge in [0, 0.05) is 15.3 Å². The largest absolute Gasteiger partial charge is 0.325 e. The lowest BCUT2D eigenvalue weighted by atomic mass is 10.2. The van der Waals surface area contributed by atoms with Crippen LogP contribution in [0, 0.1) is 10.5 Å². The van der Waals surface area contributed by atoms with E-state index in [1.165, 1.54) is 5.56 Å². The Balaban J connectivity index is 2.53. The van der Waals surface area contributed by atoms with Crippen LogP contribution in [0.4, 0.5) is 5.69 Å². The van der Waals surface area contributed by atoms with Gasteiger partial charge in [0.15, 0.2) is 0 Å². The molecule has 4 heteroatoms. The molecule has 0 aliphatic carbocycles. The number of rotatable bonds is 4. The lowest BCUT2D eigenvalue weighted by Gasteiger charge is -2.09. The van der Waals surface area contributed by atoms with Crippen molar-refractivity contribution in [1.82, 2.24) is 5.32 Å². The van der Waals surface area contributed by atoms with Gasteiger partial charge in [0.05, 0.1) is 6.54 Å². The second-order valence-electron chi connectivity index (χ2n) is 4.05. The molecular formula is C12H17IN2O. The molecule has 0 saturated carbocycles. The standard InChI is InChI=1S/C12H17IN2O/c1-8(2)14-7-12(16)15-10-5-4-9(3)11(13)6-10/h4-6,8,14H,7H2,1-3H3,(H,15,16). The van der Waals surface area contributed by atoms with E-state index in [2.05, 4.69) is 33.2 Å². The number of anilines is 1. The minimum Gasteiger partial charge on any atom is -0.325 e. The number of benzene rings is 1. The van der Waals surface area contributed by atoms with Crippen LogP contribution in [0.15, 0.2) is 18.2 Å². The third kappa shape index (κ3) is 4.49. The van der Waals surface area contributed by atoms with Crippen LogP contribution in [0.1, 0.15) is 19.4 Å². The normalized spacial score (nSPS) is 10.6. The van der Waals surface area contributed by atoms with E-state index >= 15 is 0 Å². The predicted octanol–water partition coefficient (Wildman–Crippen LogP) is 2.54. The molecule has 1 aromatic carbocycles. The Bertz CT molecular complexity index is 377. The fourth-order valence-corrected chi connectivity index (χ4v) is 1.69.